The van der Waals surface area contributed by atoms with Crippen molar-refractivity contribution >= 4 is 23.4 Å². The van der Waals surface area contributed by atoms with Crippen LogP contribution in [0.1, 0.15) is 18.4 Å². The number of thiophene rings is 1. The highest BCUT2D eigenvalue weighted by atomic mass is 32.1. The normalized spacial score (nSPS) is 18.6. The highest BCUT2D eigenvalue weighted by molar-refractivity contribution is 7.07. The molecule has 18 heavy (non-hydrogen) atoms. The van der Waals surface area contributed by atoms with Gasteiger partial charge in [0.1, 0.15) is 0 Å². The van der Waals surface area contributed by atoms with E-state index < -0.39 is 17.5 Å². The summed E-state index contributed by atoms with van der Waals surface area (Å²) in [6.45, 7) is 0.595. The van der Waals surface area contributed by atoms with E-state index in [2.05, 4.69) is 0 Å². The van der Waals surface area contributed by atoms with Gasteiger partial charge in [-0.05, 0) is 41.7 Å². The Morgan fingerprint density at radius 1 is 1.33 bits per heavy atom. The van der Waals surface area contributed by atoms with E-state index in [0.29, 0.717) is 32.4 Å². The van der Waals surface area contributed by atoms with Gasteiger partial charge in [0.2, 0.25) is 0 Å². The number of rotatable bonds is 3. The van der Waals surface area contributed by atoms with Crippen LogP contribution in [-0.4, -0.2) is 40.3 Å². The number of nitrogens with zero attached hydrogens (tertiary/aromatic N) is 1. The summed E-state index contributed by atoms with van der Waals surface area (Å²) in [6.07, 6.45) is 0.276. The van der Waals surface area contributed by atoms with E-state index in [9.17, 15) is 14.7 Å². The molecule has 0 spiro atoms. The molecule has 0 bridgehead atoms. The zero-order valence-corrected chi connectivity index (χ0v) is 10.7. The molecule has 0 saturated carbocycles. The minimum atomic E-state index is -0.968. The molecule has 0 radical (unpaired) electrons. The lowest BCUT2D eigenvalue weighted by molar-refractivity contribution is -0.151. The second-order valence-corrected chi connectivity index (χ2v) is 5.44. The van der Waals surface area contributed by atoms with Crippen LogP contribution >= 0.6 is 11.3 Å². The van der Waals surface area contributed by atoms with Crippen LogP contribution in [0.4, 0.5) is 4.79 Å². The van der Waals surface area contributed by atoms with E-state index in [0.717, 1.165) is 5.56 Å². The lowest BCUT2D eigenvalue weighted by atomic mass is 9.74. The lowest BCUT2D eigenvalue weighted by Crippen LogP contribution is -2.47. The smallest absolute Gasteiger partial charge is 0.407 e. The molecule has 1 saturated heterocycles. The van der Waals surface area contributed by atoms with E-state index in [-0.39, 0.29) is 0 Å². The third-order valence-corrected chi connectivity index (χ3v) is 4.30. The van der Waals surface area contributed by atoms with Crippen LogP contribution in [-0.2, 0) is 11.2 Å². The van der Waals surface area contributed by atoms with Crippen molar-refractivity contribution in [2.45, 2.75) is 19.3 Å². The Morgan fingerprint density at radius 2 is 2.00 bits per heavy atom. The minimum absolute atomic E-state index is 0.297. The van der Waals surface area contributed by atoms with Crippen LogP contribution in [0.5, 0.6) is 0 Å². The molecule has 5 nitrogen and oxygen atoms in total. The van der Waals surface area contributed by atoms with Crippen molar-refractivity contribution in [2.24, 2.45) is 5.41 Å². The first-order valence-corrected chi connectivity index (χ1v) is 6.70. The summed E-state index contributed by atoms with van der Waals surface area (Å²) in [7, 11) is 0. The van der Waals surface area contributed by atoms with Gasteiger partial charge in [0.05, 0.1) is 5.41 Å². The molecular formula is C12H15NO4S. The zero-order chi connectivity index (χ0) is 13.2. The first-order chi connectivity index (χ1) is 8.53. The monoisotopic (exact) mass is 269 g/mol. The molecular weight excluding hydrogens is 254 g/mol. The van der Waals surface area contributed by atoms with Crippen molar-refractivity contribution in [3.63, 3.8) is 0 Å². The molecule has 2 heterocycles. The van der Waals surface area contributed by atoms with Gasteiger partial charge in [-0.3, -0.25) is 4.79 Å². The number of hydrogen-bond donors (Lipinski definition) is 2. The highest BCUT2D eigenvalue weighted by Crippen LogP contribution is 2.36. The molecule has 1 aromatic heterocycles. The maximum atomic E-state index is 11.5. The van der Waals surface area contributed by atoms with Gasteiger partial charge < -0.3 is 15.1 Å². The molecule has 98 valence electrons. The molecule has 0 aromatic carbocycles. The molecule has 2 rings (SSSR count). The van der Waals surface area contributed by atoms with Crippen molar-refractivity contribution in [1.29, 1.82) is 0 Å². The summed E-state index contributed by atoms with van der Waals surface area (Å²) in [4.78, 5) is 23.6. The highest BCUT2D eigenvalue weighted by Gasteiger charge is 2.42. The Labute approximate surface area is 109 Å². The zero-order valence-electron chi connectivity index (χ0n) is 9.83. The van der Waals surface area contributed by atoms with Gasteiger partial charge in [-0.2, -0.15) is 11.3 Å². The lowest BCUT2D eigenvalue weighted by Gasteiger charge is -2.37. The maximum absolute atomic E-state index is 11.5. The fourth-order valence-electron chi connectivity index (χ4n) is 2.38. The van der Waals surface area contributed by atoms with Crippen LogP contribution in [0.15, 0.2) is 16.8 Å². The predicted octanol–water partition coefficient (Wildman–Crippen LogP) is 2.14. The Bertz CT molecular complexity index is 435. The SMILES string of the molecule is O=C(O)N1CCC(Cc2ccsc2)(C(=O)O)CC1. The number of likely N-dealkylation sites (tertiary alicyclic amines) is 1. The quantitative estimate of drug-likeness (QED) is 0.881. The molecule has 1 aromatic rings. The second-order valence-electron chi connectivity index (χ2n) is 4.66. The average Bonchev–Trinajstić information content (AvgIpc) is 2.82. The van der Waals surface area contributed by atoms with Gasteiger partial charge in [0.15, 0.2) is 0 Å². The summed E-state index contributed by atoms with van der Waals surface area (Å²) in [6, 6.07) is 1.93. The summed E-state index contributed by atoms with van der Waals surface area (Å²) >= 11 is 1.55. The molecule has 1 aliphatic heterocycles. The standard InChI is InChI=1S/C12H15NO4S/c14-10(15)12(7-9-1-6-18-8-9)2-4-13(5-3-12)11(16)17/h1,6,8H,2-5,7H2,(H,14,15)(H,16,17). The molecule has 0 unspecified atom stereocenters. The van der Waals surface area contributed by atoms with E-state index >= 15 is 0 Å². The van der Waals surface area contributed by atoms with Gasteiger partial charge in [-0.15, -0.1) is 0 Å². The van der Waals surface area contributed by atoms with Crippen LogP contribution in [0.25, 0.3) is 0 Å². The average molecular weight is 269 g/mol. The van der Waals surface area contributed by atoms with Crippen molar-refractivity contribution in [3.05, 3.63) is 22.4 Å². The molecule has 0 aliphatic carbocycles. The summed E-state index contributed by atoms with van der Waals surface area (Å²) in [5, 5.41) is 22.2. The molecule has 1 fully saturated rings. The van der Waals surface area contributed by atoms with Gasteiger partial charge >= 0.3 is 12.1 Å². The number of piperidine rings is 1. The third-order valence-electron chi connectivity index (χ3n) is 3.57. The number of amides is 1. The Morgan fingerprint density at radius 3 is 2.44 bits per heavy atom. The van der Waals surface area contributed by atoms with E-state index in [4.69, 9.17) is 5.11 Å². The van der Waals surface area contributed by atoms with Crippen molar-refractivity contribution < 1.29 is 19.8 Å². The minimum Gasteiger partial charge on any atom is -0.481 e. The Hall–Kier alpha value is -1.56. The number of hydrogen-bond acceptors (Lipinski definition) is 3. The van der Waals surface area contributed by atoms with Crippen LogP contribution in [0, 0.1) is 5.41 Å². The molecule has 0 atom stereocenters. The number of carbonyl (C=O) groups is 2. The van der Waals surface area contributed by atoms with Gasteiger partial charge in [0.25, 0.3) is 0 Å². The van der Waals surface area contributed by atoms with Crippen molar-refractivity contribution in [1.82, 2.24) is 4.90 Å². The molecule has 6 heteroatoms. The fraction of sp³-hybridized carbons (Fsp3) is 0.500. The topological polar surface area (TPSA) is 77.8 Å². The largest absolute Gasteiger partial charge is 0.481 e. The first kappa shape index (κ1) is 12.9. The van der Waals surface area contributed by atoms with Gasteiger partial charge in [-0.1, -0.05) is 0 Å². The van der Waals surface area contributed by atoms with Gasteiger partial charge in [0, 0.05) is 13.1 Å². The number of carboxylic acid groups (broad SMARTS) is 2. The van der Waals surface area contributed by atoms with Gasteiger partial charge in [-0.25, -0.2) is 4.79 Å². The van der Waals surface area contributed by atoms with Crippen LogP contribution < -0.4 is 0 Å². The Balaban J connectivity index is 2.10. The van der Waals surface area contributed by atoms with Crippen molar-refractivity contribution in [2.75, 3.05) is 13.1 Å². The first-order valence-electron chi connectivity index (χ1n) is 5.76. The van der Waals surface area contributed by atoms with Crippen LogP contribution in [0.2, 0.25) is 0 Å². The summed E-state index contributed by atoms with van der Waals surface area (Å²) in [5.74, 6) is -0.821. The predicted molar refractivity (Wildman–Crippen MR) is 66.9 cm³/mol. The van der Waals surface area contributed by atoms with Crippen molar-refractivity contribution in [3.8, 4) is 0 Å². The maximum Gasteiger partial charge on any atom is 0.407 e. The van der Waals surface area contributed by atoms with E-state index in [1.807, 2.05) is 16.8 Å². The fourth-order valence-corrected chi connectivity index (χ4v) is 3.04. The summed E-state index contributed by atoms with van der Waals surface area (Å²) in [5.41, 5.74) is 0.207. The number of carboxylic acids is 1. The second kappa shape index (κ2) is 4.97. The molecule has 2 N–H and O–H groups in total. The molecule has 1 aliphatic rings. The van der Waals surface area contributed by atoms with Crippen LogP contribution in [0.3, 0.4) is 0 Å². The Kier molecular flexibility index (Phi) is 3.56. The van der Waals surface area contributed by atoms with E-state index in [1.54, 1.807) is 11.3 Å². The third kappa shape index (κ3) is 2.48. The molecule has 1 amide bonds. The summed E-state index contributed by atoms with van der Waals surface area (Å²) < 4.78 is 0. The number of aliphatic carboxylic acids is 1. The van der Waals surface area contributed by atoms with E-state index in [1.165, 1.54) is 4.90 Å².